The molecule has 0 aromatic carbocycles. The van der Waals surface area contributed by atoms with Crippen molar-refractivity contribution in [3.05, 3.63) is 29.3 Å². The zero-order valence-electron chi connectivity index (χ0n) is 4.89. The van der Waals surface area contributed by atoms with Crippen LogP contribution in [0.2, 0.25) is 0 Å². The number of rotatable bonds is 0. The van der Waals surface area contributed by atoms with Gasteiger partial charge >= 0.3 is 0 Å². The summed E-state index contributed by atoms with van der Waals surface area (Å²) >= 11 is 0. The van der Waals surface area contributed by atoms with Gasteiger partial charge in [-0.05, 0) is 24.5 Å². The van der Waals surface area contributed by atoms with Gasteiger partial charge in [-0.1, -0.05) is 0 Å². The van der Waals surface area contributed by atoms with Crippen LogP contribution in [-0.4, -0.2) is 4.98 Å². The monoisotopic (exact) mass is 123 g/mol. The van der Waals surface area contributed by atoms with Crippen molar-refractivity contribution in [2.45, 2.75) is 12.8 Å². The van der Waals surface area contributed by atoms with Crippen LogP contribution in [0.5, 0.6) is 0 Å². The molecule has 0 spiro atoms. The molecular formula is C7H6FN. The van der Waals surface area contributed by atoms with E-state index in [9.17, 15) is 4.39 Å². The molecule has 1 nitrogen and oxygen atoms in total. The average molecular weight is 123 g/mol. The predicted molar refractivity (Wildman–Crippen MR) is 31.6 cm³/mol. The van der Waals surface area contributed by atoms with E-state index in [2.05, 4.69) is 4.98 Å². The van der Waals surface area contributed by atoms with Crippen molar-refractivity contribution >= 4 is 0 Å². The van der Waals surface area contributed by atoms with Crippen molar-refractivity contribution in [2.24, 2.45) is 0 Å². The Kier molecular flexibility index (Phi) is 0.835. The van der Waals surface area contributed by atoms with Crippen LogP contribution in [0.15, 0.2) is 12.3 Å². The molecule has 0 amide bonds. The molecule has 0 unspecified atom stereocenters. The largest absolute Gasteiger partial charge is 0.258 e. The van der Waals surface area contributed by atoms with Gasteiger partial charge in [-0.2, -0.15) is 0 Å². The second-order valence-corrected chi connectivity index (χ2v) is 2.27. The van der Waals surface area contributed by atoms with Crippen molar-refractivity contribution in [2.75, 3.05) is 0 Å². The molecule has 1 aromatic heterocycles. The Hall–Kier alpha value is -0.920. The predicted octanol–water partition coefficient (Wildman–Crippen LogP) is 1.32. The molecule has 0 aliphatic heterocycles. The first-order valence-corrected chi connectivity index (χ1v) is 2.99. The standard InChI is InChI=1S/C7H6FN/c8-7-4-9-6-2-1-5(7)3-6/h3-4H,1-2H2. The van der Waals surface area contributed by atoms with Crippen LogP contribution < -0.4 is 0 Å². The summed E-state index contributed by atoms with van der Waals surface area (Å²) in [7, 11) is 0. The average Bonchev–Trinajstić information content (AvgIpc) is 2.25. The fourth-order valence-corrected chi connectivity index (χ4v) is 1.12. The van der Waals surface area contributed by atoms with Crippen LogP contribution in [0.4, 0.5) is 4.39 Å². The number of hydrogen-bond acceptors (Lipinski definition) is 1. The zero-order chi connectivity index (χ0) is 6.27. The molecule has 0 fully saturated rings. The van der Waals surface area contributed by atoms with Gasteiger partial charge in [0.2, 0.25) is 0 Å². The fraction of sp³-hybridized carbons (Fsp3) is 0.286. The van der Waals surface area contributed by atoms with Gasteiger partial charge in [-0.15, -0.1) is 0 Å². The SMILES string of the molecule is Fc1cnc2cc1CC2. The van der Waals surface area contributed by atoms with Crippen molar-refractivity contribution in [3.63, 3.8) is 0 Å². The van der Waals surface area contributed by atoms with Crippen molar-refractivity contribution < 1.29 is 4.39 Å². The number of pyridine rings is 1. The molecule has 2 heteroatoms. The van der Waals surface area contributed by atoms with Gasteiger partial charge < -0.3 is 0 Å². The van der Waals surface area contributed by atoms with E-state index in [0.717, 1.165) is 24.1 Å². The second kappa shape index (κ2) is 1.53. The number of hydrogen-bond donors (Lipinski definition) is 0. The maximum atomic E-state index is 12.6. The third-order valence-electron chi connectivity index (χ3n) is 1.64. The number of halogens is 1. The Bertz CT molecular complexity index is 245. The third-order valence-corrected chi connectivity index (χ3v) is 1.64. The molecule has 0 saturated carbocycles. The molecule has 1 aliphatic rings. The van der Waals surface area contributed by atoms with E-state index < -0.39 is 0 Å². The Morgan fingerprint density at radius 2 is 2.33 bits per heavy atom. The minimum atomic E-state index is -0.156. The number of fused-ring (bicyclic) bond motifs is 2. The van der Waals surface area contributed by atoms with Crippen LogP contribution in [0.3, 0.4) is 0 Å². The van der Waals surface area contributed by atoms with Gasteiger partial charge in [0.15, 0.2) is 0 Å². The second-order valence-electron chi connectivity index (χ2n) is 2.27. The Balaban J connectivity index is 2.65. The van der Waals surface area contributed by atoms with Crippen molar-refractivity contribution in [1.82, 2.24) is 4.98 Å². The lowest BCUT2D eigenvalue weighted by Crippen LogP contribution is -1.81. The lowest BCUT2D eigenvalue weighted by atomic mass is 10.2. The summed E-state index contributed by atoms with van der Waals surface area (Å²) in [6.07, 6.45) is 3.05. The van der Waals surface area contributed by atoms with E-state index in [1.807, 2.05) is 6.07 Å². The first-order chi connectivity index (χ1) is 4.36. The van der Waals surface area contributed by atoms with Crippen LogP contribution in [0, 0.1) is 5.82 Å². The highest BCUT2D eigenvalue weighted by atomic mass is 19.1. The number of aromatic nitrogens is 1. The Labute approximate surface area is 52.5 Å². The molecule has 2 rings (SSSR count). The van der Waals surface area contributed by atoms with Gasteiger partial charge in [0.05, 0.1) is 6.20 Å². The summed E-state index contributed by atoms with van der Waals surface area (Å²) in [5.41, 5.74) is 1.84. The first-order valence-electron chi connectivity index (χ1n) is 2.99. The van der Waals surface area contributed by atoms with E-state index in [0.29, 0.717) is 0 Å². The molecule has 1 heterocycles. The number of aryl methyl sites for hydroxylation is 2. The molecule has 2 bridgehead atoms. The minimum absolute atomic E-state index is 0.156. The smallest absolute Gasteiger partial charge is 0.144 e. The zero-order valence-corrected chi connectivity index (χ0v) is 4.89. The lowest BCUT2D eigenvalue weighted by Gasteiger charge is -1.88. The summed E-state index contributed by atoms with van der Waals surface area (Å²) in [5, 5.41) is 0. The fourth-order valence-electron chi connectivity index (χ4n) is 1.12. The van der Waals surface area contributed by atoms with Crippen LogP contribution >= 0.6 is 0 Å². The van der Waals surface area contributed by atoms with Gasteiger partial charge in [0.25, 0.3) is 0 Å². The van der Waals surface area contributed by atoms with Gasteiger partial charge in [0, 0.05) is 5.69 Å². The topological polar surface area (TPSA) is 12.9 Å². The Morgan fingerprint density at radius 1 is 1.44 bits per heavy atom. The van der Waals surface area contributed by atoms with E-state index in [-0.39, 0.29) is 5.82 Å². The Morgan fingerprint density at radius 3 is 3.11 bits per heavy atom. The first kappa shape index (κ1) is 4.91. The highest BCUT2D eigenvalue weighted by molar-refractivity contribution is 5.24. The summed E-state index contributed by atoms with van der Waals surface area (Å²) in [4.78, 5) is 3.87. The molecule has 46 valence electrons. The van der Waals surface area contributed by atoms with E-state index in [1.54, 1.807) is 0 Å². The summed E-state index contributed by atoms with van der Waals surface area (Å²) in [6.45, 7) is 0. The molecular weight excluding hydrogens is 117 g/mol. The van der Waals surface area contributed by atoms with Crippen LogP contribution in [0.25, 0.3) is 0 Å². The van der Waals surface area contributed by atoms with Gasteiger partial charge in [0.1, 0.15) is 5.82 Å². The highest BCUT2D eigenvalue weighted by Crippen LogP contribution is 2.17. The van der Waals surface area contributed by atoms with E-state index in [4.69, 9.17) is 0 Å². The van der Waals surface area contributed by atoms with Gasteiger partial charge in [-0.25, -0.2) is 4.39 Å². The summed E-state index contributed by atoms with van der Waals surface area (Å²) < 4.78 is 12.6. The minimum Gasteiger partial charge on any atom is -0.258 e. The highest BCUT2D eigenvalue weighted by Gasteiger charge is 2.11. The van der Waals surface area contributed by atoms with Gasteiger partial charge in [-0.3, -0.25) is 4.98 Å². The van der Waals surface area contributed by atoms with Crippen LogP contribution in [-0.2, 0) is 12.8 Å². The summed E-state index contributed by atoms with van der Waals surface area (Å²) in [6, 6.07) is 1.83. The molecule has 0 N–H and O–H groups in total. The maximum absolute atomic E-state index is 12.6. The van der Waals surface area contributed by atoms with Crippen molar-refractivity contribution in [3.8, 4) is 0 Å². The van der Waals surface area contributed by atoms with E-state index >= 15 is 0 Å². The van der Waals surface area contributed by atoms with Crippen LogP contribution in [0.1, 0.15) is 11.3 Å². The molecule has 9 heavy (non-hydrogen) atoms. The molecule has 1 aromatic rings. The quantitative estimate of drug-likeness (QED) is 0.507. The summed E-state index contributed by atoms with van der Waals surface area (Å²) in [5.74, 6) is -0.156. The molecule has 1 aliphatic carbocycles. The molecule has 0 saturated heterocycles. The molecule has 0 radical (unpaired) electrons. The maximum Gasteiger partial charge on any atom is 0.144 e. The lowest BCUT2D eigenvalue weighted by molar-refractivity contribution is 0.610. The van der Waals surface area contributed by atoms with E-state index in [1.165, 1.54) is 6.20 Å². The third kappa shape index (κ3) is 0.626. The van der Waals surface area contributed by atoms with Crippen molar-refractivity contribution in [1.29, 1.82) is 0 Å². The molecule has 0 atom stereocenters. The normalized spacial score (nSPS) is 14.3. The number of nitrogens with zero attached hydrogens (tertiary/aromatic N) is 1.